The highest BCUT2D eigenvalue weighted by Gasteiger charge is 2.16. The summed E-state index contributed by atoms with van der Waals surface area (Å²) in [5.41, 5.74) is 7.07. The number of hydrogen-bond acceptors (Lipinski definition) is 2. The first-order chi connectivity index (χ1) is 12.6. The van der Waals surface area contributed by atoms with Gasteiger partial charge in [0.05, 0.1) is 17.0 Å². The van der Waals surface area contributed by atoms with Gasteiger partial charge in [-0.25, -0.2) is 4.98 Å². The van der Waals surface area contributed by atoms with Gasteiger partial charge in [0, 0.05) is 11.1 Å². The maximum atomic E-state index is 10.2. The van der Waals surface area contributed by atoms with Crippen LogP contribution in [0.25, 0.3) is 33.9 Å². The topological polar surface area (TPSA) is 48.9 Å². The van der Waals surface area contributed by atoms with Crippen molar-refractivity contribution in [1.82, 2.24) is 9.97 Å². The summed E-state index contributed by atoms with van der Waals surface area (Å²) < 4.78 is 0. The number of aromatic hydroxyl groups is 1. The van der Waals surface area contributed by atoms with Crippen LogP contribution >= 0.6 is 0 Å². The third-order valence-electron chi connectivity index (χ3n) is 4.53. The second-order valence-electron chi connectivity index (χ2n) is 6.56. The van der Waals surface area contributed by atoms with Gasteiger partial charge in [-0.1, -0.05) is 71.8 Å². The molecular formula is C23H20N2O. The third kappa shape index (κ3) is 3.00. The predicted molar refractivity (Wildman–Crippen MR) is 106 cm³/mol. The number of imidazole rings is 1. The van der Waals surface area contributed by atoms with Crippen LogP contribution in [0, 0.1) is 13.8 Å². The number of H-pyrrole nitrogens is 1. The van der Waals surface area contributed by atoms with Crippen LogP contribution in [0.1, 0.15) is 11.1 Å². The summed E-state index contributed by atoms with van der Waals surface area (Å²) in [5, 5.41) is 10.2. The molecule has 0 spiro atoms. The van der Waals surface area contributed by atoms with E-state index >= 15 is 0 Å². The van der Waals surface area contributed by atoms with Gasteiger partial charge < -0.3 is 10.1 Å². The van der Waals surface area contributed by atoms with Gasteiger partial charge in [-0.3, -0.25) is 0 Å². The van der Waals surface area contributed by atoms with Crippen LogP contribution in [0.15, 0.2) is 72.8 Å². The van der Waals surface area contributed by atoms with E-state index in [1.807, 2.05) is 18.2 Å². The molecule has 4 aromatic rings. The second kappa shape index (κ2) is 6.52. The Kier molecular flexibility index (Phi) is 4.05. The van der Waals surface area contributed by atoms with Gasteiger partial charge in [-0.05, 0) is 26.0 Å². The van der Waals surface area contributed by atoms with E-state index in [-0.39, 0.29) is 5.75 Å². The Morgan fingerprint density at radius 3 is 1.92 bits per heavy atom. The fourth-order valence-electron chi connectivity index (χ4n) is 3.02. The van der Waals surface area contributed by atoms with E-state index in [2.05, 4.69) is 67.4 Å². The molecule has 0 fully saturated rings. The molecule has 26 heavy (non-hydrogen) atoms. The van der Waals surface area contributed by atoms with Gasteiger partial charge in [0.2, 0.25) is 0 Å². The lowest BCUT2D eigenvalue weighted by Crippen LogP contribution is -1.84. The van der Waals surface area contributed by atoms with Gasteiger partial charge in [0.15, 0.2) is 0 Å². The molecule has 4 rings (SSSR count). The number of para-hydroxylation sites is 1. The molecule has 2 N–H and O–H groups in total. The van der Waals surface area contributed by atoms with E-state index in [1.54, 1.807) is 6.07 Å². The van der Waals surface area contributed by atoms with Crippen molar-refractivity contribution in [2.24, 2.45) is 0 Å². The fourth-order valence-corrected chi connectivity index (χ4v) is 3.02. The number of nitrogens with zero attached hydrogens (tertiary/aromatic N) is 1. The molecule has 0 saturated carbocycles. The van der Waals surface area contributed by atoms with Gasteiger partial charge in [-0.2, -0.15) is 0 Å². The number of hydrogen-bond donors (Lipinski definition) is 2. The van der Waals surface area contributed by atoms with Crippen LogP contribution in [-0.4, -0.2) is 15.1 Å². The molecule has 3 aromatic carbocycles. The SMILES string of the molecule is Cc1ccc(-c2nc(-c3ccccc3O)[nH]c2-c2ccc(C)cc2)cc1. The van der Waals surface area contributed by atoms with Gasteiger partial charge in [-0.15, -0.1) is 0 Å². The number of phenols is 1. The van der Waals surface area contributed by atoms with Crippen LogP contribution in [0.3, 0.4) is 0 Å². The summed E-state index contributed by atoms with van der Waals surface area (Å²) in [5.74, 6) is 0.876. The largest absolute Gasteiger partial charge is 0.507 e. The molecule has 0 aliphatic rings. The number of aromatic nitrogens is 2. The zero-order valence-electron chi connectivity index (χ0n) is 14.8. The van der Waals surface area contributed by atoms with E-state index < -0.39 is 0 Å². The average molecular weight is 340 g/mol. The monoisotopic (exact) mass is 340 g/mol. The Morgan fingerprint density at radius 1 is 0.731 bits per heavy atom. The summed E-state index contributed by atoms with van der Waals surface area (Å²) >= 11 is 0. The molecule has 0 aliphatic heterocycles. The standard InChI is InChI=1S/C23H20N2O/c1-15-7-11-17(12-8-15)21-22(18-13-9-16(2)10-14-18)25-23(24-21)19-5-3-4-6-20(19)26/h3-14,26H,1-2H3,(H,24,25). The minimum absolute atomic E-state index is 0.215. The molecule has 3 nitrogen and oxygen atoms in total. The fraction of sp³-hybridized carbons (Fsp3) is 0.0870. The minimum Gasteiger partial charge on any atom is -0.507 e. The number of benzene rings is 3. The van der Waals surface area contributed by atoms with Crippen molar-refractivity contribution in [3.63, 3.8) is 0 Å². The number of rotatable bonds is 3. The number of aryl methyl sites for hydroxylation is 2. The molecule has 1 heterocycles. The lowest BCUT2D eigenvalue weighted by atomic mass is 10.0. The maximum absolute atomic E-state index is 10.2. The maximum Gasteiger partial charge on any atom is 0.142 e. The molecule has 0 bridgehead atoms. The van der Waals surface area contributed by atoms with Crippen LogP contribution < -0.4 is 0 Å². The molecule has 0 atom stereocenters. The van der Waals surface area contributed by atoms with Crippen molar-refractivity contribution in [3.05, 3.63) is 83.9 Å². The average Bonchev–Trinajstić information content (AvgIpc) is 3.08. The van der Waals surface area contributed by atoms with Crippen LogP contribution in [-0.2, 0) is 0 Å². The van der Waals surface area contributed by atoms with Crippen molar-refractivity contribution in [3.8, 4) is 39.7 Å². The second-order valence-corrected chi connectivity index (χ2v) is 6.56. The molecule has 3 heteroatoms. The van der Waals surface area contributed by atoms with Crippen molar-refractivity contribution in [2.45, 2.75) is 13.8 Å². The first-order valence-electron chi connectivity index (χ1n) is 8.64. The third-order valence-corrected chi connectivity index (χ3v) is 4.53. The van der Waals surface area contributed by atoms with E-state index in [0.717, 1.165) is 22.5 Å². The summed E-state index contributed by atoms with van der Waals surface area (Å²) in [6.45, 7) is 4.15. The molecule has 0 amide bonds. The number of phenolic OH excluding ortho intramolecular Hbond substituents is 1. The van der Waals surface area contributed by atoms with Crippen LogP contribution in [0.4, 0.5) is 0 Å². The van der Waals surface area contributed by atoms with Crippen molar-refractivity contribution in [2.75, 3.05) is 0 Å². The van der Waals surface area contributed by atoms with Crippen LogP contribution in [0.2, 0.25) is 0 Å². The quantitative estimate of drug-likeness (QED) is 0.500. The van der Waals surface area contributed by atoms with Crippen molar-refractivity contribution < 1.29 is 5.11 Å². The van der Waals surface area contributed by atoms with E-state index in [0.29, 0.717) is 11.4 Å². The summed E-state index contributed by atoms with van der Waals surface area (Å²) in [4.78, 5) is 8.24. The minimum atomic E-state index is 0.215. The summed E-state index contributed by atoms with van der Waals surface area (Å²) in [6.07, 6.45) is 0. The first-order valence-corrected chi connectivity index (χ1v) is 8.64. The number of aromatic amines is 1. The van der Waals surface area contributed by atoms with Gasteiger partial charge >= 0.3 is 0 Å². The molecule has 0 saturated heterocycles. The van der Waals surface area contributed by atoms with E-state index in [1.165, 1.54) is 11.1 Å². The number of nitrogens with one attached hydrogen (secondary N) is 1. The molecule has 0 aliphatic carbocycles. The smallest absolute Gasteiger partial charge is 0.142 e. The van der Waals surface area contributed by atoms with E-state index in [9.17, 15) is 5.11 Å². The molecule has 0 unspecified atom stereocenters. The highest BCUT2D eigenvalue weighted by Crippen LogP contribution is 2.35. The normalized spacial score (nSPS) is 10.8. The zero-order valence-corrected chi connectivity index (χ0v) is 14.8. The first kappa shape index (κ1) is 16.2. The zero-order chi connectivity index (χ0) is 18.1. The predicted octanol–water partition coefficient (Wildman–Crippen LogP) is 5.73. The Bertz CT molecular complexity index is 982. The van der Waals surface area contributed by atoms with Crippen molar-refractivity contribution >= 4 is 0 Å². The lowest BCUT2D eigenvalue weighted by molar-refractivity contribution is 0.477. The Hall–Kier alpha value is -3.33. The Balaban J connectivity index is 1.92. The Labute approximate surface area is 153 Å². The summed E-state index contributed by atoms with van der Waals surface area (Å²) in [6, 6.07) is 24.0. The molecular weight excluding hydrogens is 320 g/mol. The molecule has 128 valence electrons. The highest BCUT2D eigenvalue weighted by atomic mass is 16.3. The summed E-state index contributed by atoms with van der Waals surface area (Å²) in [7, 11) is 0. The van der Waals surface area contributed by atoms with Gasteiger partial charge in [0.25, 0.3) is 0 Å². The van der Waals surface area contributed by atoms with E-state index in [4.69, 9.17) is 4.98 Å². The lowest BCUT2D eigenvalue weighted by Gasteiger charge is -2.04. The Morgan fingerprint density at radius 2 is 1.31 bits per heavy atom. The highest BCUT2D eigenvalue weighted by molar-refractivity contribution is 5.82. The van der Waals surface area contributed by atoms with Gasteiger partial charge in [0.1, 0.15) is 11.6 Å². The molecule has 0 radical (unpaired) electrons. The molecule has 1 aromatic heterocycles. The van der Waals surface area contributed by atoms with Crippen molar-refractivity contribution in [1.29, 1.82) is 0 Å². The van der Waals surface area contributed by atoms with Crippen LogP contribution in [0.5, 0.6) is 5.75 Å².